The number of ether oxygens (including phenoxy) is 2. The molecule has 1 aromatic rings. The Labute approximate surface area is 131 Å². The lowest BCUT2D eigenvalue weighted by Crippen LogP contribution is -2.35. The van der Waals surface area contributed by atoms with Crippen molar-refractivity contribution in [3.63, 3.8) is 0 Å². The summed E-state index contributed by atoms with van der Waals surface area (Å²) in [5, 5.41) is 2.92. The Morgan fingerprint density at radius 1 is 1.38 bits per heavy atom. The van der Waals surface area contributed by atoms with Gasteiger partial charge in [-0.15, -0.1) is 12.4 Å². The molecule has 0 radical (unpaired) electrons. The van der Waals surface area contributed by atoms with Crippen molar-refractivity contribution in [2.24, 2.45) is 5.73 Å². The molecule has 6 heteroatoms. The van der Waals surface area contributed by atoms with E-state index in [1.54, 1.807) is 7.11 Å². The van der Waals surface area contributed by atoms with Gasteiger partial charge in [0.15, 0.2) is 0 Å². The van der Waals surface area contributed by atoms with Crippen LogP contribution >= 0.6 is 12.4 Å². The zero-order valence-electron chi connectivity index (χ0n) is 12.2. The van der Waals surface area contributed by atoms with E-state index in [1.807, 2.05) is 24.3 Å². The fraction of sp³-hybridized carbons (Fsp3) is 0.533. The predicted octanol–water partition coefficient (Wildman–Crippen LogP) is 1.38. The highest BCUT2D eigenvalue weighted by Crippen LogP contribution is 2.19. The third-order valence-electron chi connectivity index (χ3n) is 3.53. The van der Waals surface area contributed by atoms with E-state index < -0.39 is 0 Å². The summed E-state index contributed by atoms with van der Waals surface area (Å²) in [7, 11) is 1.66. The van der Waals surface area contributed by atoms with Crippen LogP contribution in [0.4, 0.5) is 0 Å². The van der Waals surface area contributed by atoms with Crippen molar-refractivity contribution in [2.75, 3.05) is 13.7 Å². The van der Waals surface area contributed by atoms with Gasteiger partial charge in [-0.1, -0.05) is 24.3 Å². The molecule has 1 fully saturated rings. The Morgan fingerprint density at radius 2 is 2.10 bits per heavy atom. The first-order valence-corrected chi connectivity index (χ1v) is 6.93. The van der Waals surface area contributed by atoms with Crippen LogP contribution in [0.15, 0.2) is 24.3 Å². The van der Waals surface area contributed by atoms with Gasteiger partial charge in [0, 0.05) is 20.2 Å². The van der Waals surface area contributed by atoms with Gasteiger partial charge < -0.3 is 20.5 Å². The number of rotatable bonds is 6. The minimum absolute atomic E-state index is 0. The van der Waals surface area contributed by atoms with E-state index in [0.717, 1.165) is 24.0 Å². The Hall–Kier alpha value is -1.14. The first-order valence-electron chi connectivity index (χ1n) is 6.93. The molecule has 2 atom stereocenters. The lowest BCUT2D eigenvalue weighted by atomic mass is 10.1. The maximum Gasteiger partial charge on any atom is 0.249 e. The third-order valence-corrected chi connectivity index (χ3v) is 3.53. The average Bonchev–Trinajstić information content (AvgIpc) is 2.95. The molecule has 1 saturated heterocycles. The molecule has 1 amide bonds. The van der Waals surface area contributed by atoms with Crippen LogP contribution in [-0.4, -0.2) is 31.8 Å². The van der Waals surface area contributed by atoms with Gasteiger partial charge in [0.1, 0.15) is 6.10 Å². The molecule has 0 unspecified atom stereocenters. The lowest BCUT2D eigenvalue weighted by molar-refractivity contribution is -0.132. The van der Waals surface area contributed by atoms with Crippen LogP contribution in [0.5, 0.6) is 0 Å². The Morgan fingerprint density at radius 3 is 2.71 bits per heavy atom. The summed E-state index contributed by atoms with van der Waals surface area (Å²) in [5.74, 6) is -0.0619. The van der Waals surface area contributed by atoms with Crippen molar-refractivity contribution in [3.8, 4) is 0 Å². The summed E-state index contributed by atoms with van der Waals surface area (Å²) in [6, 6.07) is 7.91. The van der Waals surface area contributed by atoms with Gasteiger partial charge in [-0.25, -0.2) is 0 Å². The number of carbonyl (C=O) groups excluding carboxylic acids is 1. The topological polar surface area (TPSA) is 73.6 Å². The average molecular weight is 315 g/mol. The highest BCUT2D eigenvalue weighted by atomic mass is 35.5. The smallest absolute Gasteiger partial charge is 0.249 e. The standard InChI is InChI=1S/C15H22N2O3.ClH/c1-19-10-12-5-3-2-4-11(12)9-17-15(18)14-7-6-13(8-16)20-14;/h2-5,13-14H,6-10,16H2,1H3,(H,17,18);1H/t13-,14+;/m1./s1. The molecule has 0 spiro atoms. The molecule has 0 aliphatic carbocycles. The van der Waals surface area contributed by atoms with Crippen LogP contribution < -0.4 is 11.1 Å². The SMILES string of the molecule is COCc1ccccc1CNC(=O)[C@@H]1CC[C@H](CN)O1.Cl. The van der Waals surface area contributed by atoms with E-state index in [2.05, 4.69) is 5.32 Å². The minimum Gasteiger partial charge on any atom is -0.380 e. The van der Waals surface area contributed by atoms with Crippen molar-refractivity contribution in [2.45, 2.75) is 38.2 Å². The number of amides is 1. The molecule has 0 aromatic heterocycles. The molecule has 1 aliphatic heterocycles. The van der Waals surface area contributed by atoms with Gasteiger partial charge >= 0.3 is 0 Å². The summed E-state index contributed by atoms with van der Waals surface area (Å²) in [6.45, 7) is 1.51. The number of nitrogens with two attached hydrogens (primary N) is 1. The van der Waals surface area contributed by atoms with Gasteiger partial charge in [0.25, 0.3) is 0 Å². The van der Waals surface area contributed by atoms with Gasteiger partial charge in [-0.2, -0.15) is 0 Å². The summed E-state index contributed by atoms with van der Waals surface area (Å²) < 4.78 is 10.7. The molecular weight excluding hydrogens is 292 g/mol. The van der Waals surface area contributed by atoms with E-state index in [1.165, 1.54) is 0 Å². The van der Waals surface area contributed by atoms with E-state index >= 15 is 0 Å². The number of nitrogens with one attached hydrogen (secondary N) is 1. The second-order valence-corrected chi connectivity index (χ2v) is 4.98. The molecule has 118 valence electrons. The number of benzene rings is 1. The number of halogens is 1. The van der Waals surface area contributed by atoms with Gasteiger partial charge in [-0.3, -0.25) is 4.79 Å². The van der Waals surface area contributed by atoms with Crippen LogP contribution in [0.2, 0.25) is 0 Å². The first-order chi connectivity index (χ1) is 9.74. The zero-order chi connectivity index (χ0) is 14.4. The summed E-state index contributed by atoms with van der Waals surface area (Å²) >= 11 is 0. The highest BCUT2D eigenvalue weighted by Gasteiger charge is 2.29. The maximum absolute atomic E-state index is 12.0. The van der Waals surface area contributed by atoms with Crippen molar-refractivity contribution < 1.29 is 14.3 Å². The Balaban J connectivity index is 0.00000220. The number of hydrogen-bond acceptors (Lipinski definition) is 4. The summed E-state index contributed by atoms with van der Waals surface area (Å²) in [6.07, 6.45) is 1.26. The van der Waals surface area contributed by atoms with Crippen LogP contribution in [0.1, 0.15) is 24.0 Å². The molecule has 2 rings (SSSR count). The van der Waals surface area contributed by atoms with E-state index in [9.17, 15) is 4.79 Å². The van der Waals surface area contributed by atoms with Crippen molar-refractivity contribution >= 4 is 18.3 Å². The lowest BCUT2D eigenvalue weighted by Gasteiger charge is -2.14. The fourth-order valence-electron chi connectivity index (χ4n) is 2.39. The number of hydrogen-bond donors (Lipinski definition) is 2. The molecule has 0 saturated carbocycles. The van der Waals surface area contributed by atoms with E-state index in [-0.39, 0.29) is 30.5 Å². The molecule has 3 N–H and O–H groups in total. The largest absolute Gasteiger partial charge is 0.380 e. The molecule has 1 heterocycles. The highest BCUT2D eigenvalue weighted by molar-refractivity contribution is 5.85. The van der Waals surface area contributed by atoms with Crippen molar-refractivity contribution in [3.05, 3.63) is 35.4 Å². The maximum atomic E-state index is 12.0. The summed E-state index contributed by atoms with van der Waals surface area (Å²) in [4.78, 5) is 12.0. The normalized spacial score (nSPS) is 20.9. The van der Waals surface area contributed by atoms with Gasteiger partial charge in [0.05, 0.1) is 12.7 Å². The molecule has 5 nitrogen and oxygen atoms in total. The molecule has 21 heavy (non-hydrogen) atoms. The first kappa shape index (κ1) is 17.9. The second-order valence-electron chi connectivity index (χ2n) is 4.98. The summed E-state index contributed by atoms with van der Waals surface area (Å²) in [5.41, 5.74) is 7.70. The van der Waals surface area contributed by atoms with Crippen LogP contribution in [0.25, 0.3) is 0 Å². The van der Waals surface area contributed by atoms with Crippen LogP contribution in [-0.2, 0) is 27.4 Å². The van der Waals surface area contributed by atoms with Gasteiger partial charge in [-0.05, 0) is 24.0 Å². The minimum atomic E-state index is -0.363. The monoisotopic (exact) mass is 314 g/mol. The predicted molar refractivity (Wildman–Crippen MR) is 83.2 cm³/mol. The Kier molecular flexibility index (Phi) is 7.67. The molecule has 1 aliphatic rings. The molecule has 1 aromatic carbocycles. The van der Waals surface area contributed by atoms with E-state index in [0.29, 0.717) is 19.7 Å². The molecular formula is C15H23ClN2O3. The quantitative estimate of drug-likeness (QED) is 0.832. The van der Waals surface area contributed by atoms with Gasteiger partial charge in [0.2, 0.25) is 5.91 Å². The van der Waals surface area contributed by atoms with Crippen molar-refractivity contribution in [1.82, 2.24) is 5.32 Å². The fourth-order valence-corrected chi connectivity index (χ4v) is 2.39. The van der Waals surface area contributed by atoms with E-state index in [4.69, 9.17) is 15.2 Å². The zero-order valence-corrected chi connectivity index (χ0v) is 13.0. The molecule has 0 bridgehead atoms. The van der Waals surface area contributed by atoms with Crippen molar-refractivity contribution in [1.29, 1.82) is 0 Å². The second kappa shape index (κ2) is 9.00. The van der Waals surface area contributed by atoms with Crippen LogP contribution in [0, 0.1) is 0 Å². The van der Waals surface area contributed by atoms with Crippen LogP contribution in [0.3, 0.4) is 0 Å². The Bertz CT molecular complexity index is 456. The third kappa shape index (κ3) is 4.97. The number of carbonyl (C=O) groups is 1. The number of methoxy groups -OCH3 is 1.